The Labute approximate surface area is 392 Å². The van der Waals surface area contributed by atoms with Crippen molar-refractivity contribution in [3.05, 3.63) is 36.5 Å². The molecule has 0 bridgehead atoms. The van der Waals surface area contributed by atoms with Crippen LogP contribution in [0.2, 0.25) is 0 Å². The van der Waals surface area contributed by atoms with E-state index in [9.17, 15) is 19.2 Å². The fraction of sp³-hybridized carbons (Fsp3) is 0.811. The van der Waals surface area contributed by atoms with E-state index in [0.717, 1.165) is 110 Å². The first kappa shape index (κ1) is 61.0. The van der Waals surface area contributed by atoms with Crippen LogP contribution in [0.15, 0.2) is 36.5 Å². The van der Waals surface area contributed by atoms with Crippen molar-refractivity contribution in [2.45, 2.75) is 195 Å². The van der Waals surface area contributed by atoms with E-state index in [1.54, 1.807) is 0 Å². The molecule has 0 heterocycles. The molecule has 11 nitrogen and oxygen atoms in total. The number of allylic oxidation sites excluding steroid dienone is 6. The third-order valence-electron chi connectivity index (χ3n) is 11.1. The van der Waals surface area contributed by atoms with Crippen molar-refractivity contribution in [3.63, 3.8) is 0 Å². The third-order valence-corrected chi connectivity index (χ3v) is 11.1. The molecule has 0 N–H and O–H groups in total. The van der Waals surface area contributed by atoms with Gasteiger partial charge in [-0.15, -0.1) is 0 Å². The van der Waals surface area contributed by atoms with E-state index in [1.165, 1.54) is 57.8 Å². The predicted molar refractivity (Wildman–Crippen MR) is 264 cm³/mol. The normalized spacial score (nSPS) is 11.9. The van der Waals surface area contributed by atoms with Crippen LogP contribution in [-0.2, 0) is 38.1 Å². The lowest BCUT2D eigenvalue weighted by Gasteiger charge is -2.25. The molecule has 0 atom stereocenters. The number of nitrogens with zero attached hydrogens (tertiary/aromatic N) is 3. The molecule has 0 aromatic carbocycles. The average Bonchev–Trinajstić information content (AvgIpc) is 3.28. The van der Waals surface area contributed by atoms with Gasteiger partial charge in [-0.25, -0.2) is 0 Å². The number of hydrogen-bond acceptors (Lipinski definition) is 11. The van der Waals surface area contributed by atoms with Crippen LogP contribution in [0.3, 0.4) is 0 Å². The zero-order valence-corrected chi connectivity index (χ0v) is 41.9. The van der Waals surface area contributed by atoms with Crippen molar-refractivity contribution < 1.29 is 38.1 Å². The second-order valence-corrected chi connectivity index (χ2v) is 17.3. The fourth-order valence-electron chi connectivity index (χ4n) is 6.93. The van der Waals surface area contributed by atoms with Crippen LogP contribution in [0.1, 0.15) is 195 Å². The van der Waals surface area contributed by atoms with Gasteiger partial charge in [-0.1, -0.05) is 109 Å². The van der Waals surface area contributed by atoms with Gasteiger partial charge in [0, 0.05) is 26.2 Å². The average molecular weight is 904 g/mol. The van der Waals surface area contributed by atoms with Gasteiger partial charge in [-0.2, -0.15) is 0 Å². The first-order valence-electron chi connectivity index (χ1n) is 26.0. The van der Waals surface area contributed by atoms with Gasteiger partial charge >= 0.3 is 23.9 Å². The quantitative estimate of drug-likeness (QED) is 0.0252. The summed E-state index contributed by atoms with van der Waals surface area (Å²) in [5.74, 6) is -0.805. The van der Waals surface area contributed by atoms with E-state index >= 15 is 0 Å². The number of carbonyl (C=O) groups is 4. The molecule has 0 fully saturated rings. The van der Waals surface area contributed by atoms with Crippen LogP contribution in [-0.4, -0.2) is 124 Å². The Hall–Kier alpha value is -3.02. The predicted octanol–water partition coefficient (Wildman–Crippen LogP) is 11.6. The molecule has 0 rings (SSSR count). The molecule has 0 unspecified atom stereocenters. The summed E-state index contributed by atoms with van der Waals surface area (Å²) in [5, 5.41) is 0. The SMILES string of the molecule is CCCCC/C=C\CCCOC(=O)CCN(CCCN(C)CCCN(CCC(=O)OCCC/C=C\CCCCC)CCC(=O)OCCC/C=C\CCCCC)CCC(=O)OCCCC. The van der Waals surface area contributed by atoms with E-state index < -0.39 is 0 Å². The highest BCUT2D eigenvalue weighted by Crippen LogP contribution is 2.08. The number of ether oxygens (including phenoxy) is 4. The van der Waals surface area contributed by atoms with Gasteiger partial charge in [0.25, 0.3) is 0 Å². The Bertz CT molecular complexity index is 1150. The van der Waals surface area contributed by atoms with Crippen LogP contribution in [0.25, 0.3) is 0 Å². The van der Waals surface area contributed by atoms with Crippen LogP contribution >= 0.6 is 0 Å². The van der Waals surface area contributed by atoms with Crippen molar-refractivity contribution in [2.75, 3.05) is 85.8 Å². The van der Waals surface area contributed by atoms with Gasteiger partial charge in [0.2, 0.25) is 0 Å². The first-order valence-corrected chi connectivity index (χ1v) is 26.0. The minimum absolute atomic E-state index is 0.200. The standard InChI is InChI=1S/C53H97N3O8/c1-6-10-14-17-20-23-26-29-47-62-51(58)35-43-55(42-34-50(57)61-46-13-9-4)40-32-38-54(5)39-33-41-56(44-36-52(59)63-48-30-27-24-21-18-15-11-7-2)45-37-53(60)64-49-31-28-25-22-19-16-12-8-3/h20-25H,6-19,26-49H2,1-5H3/b23-20-,24-21-,25-22-. The molecule has 0 radical (unpaired) electrons. The summed E-state index contributed by atoms with van der Waals surface area (Å²) in [6, 6.07) is 0. The number of hydrogen-bond donors (Lipinski definition) is 0. The molecule has 11 heteroatoms. The topological polar surface area (TPSA) is 115 Å². The molecule has 0 saturated heterocycles. The van der Waals surface area contributed by atoms with E-state index in [0.29, 0.717) is 59.0 Å². The molecule has 0 amide bonds. The Balaban J connectivity index is 4.97. The molecule has 0 aromatic rings. The Morgan fingerprint density at radius 3 is 0.875 bits per heavy atom. The highest BCUT2D eigenvalue weighted by molar-refractivity contribution is 5.71. The monoisotopic (exact) mass is 904 g/mol. The van der Waals surface area contributed by atoms with E-state index in [4.69, 9.17) is 18.9 Å². The largest absolute Gasteiger partial charge is 0.466 e. The zero-order valence-electron chi connectivity index (χ0n) is 41.9. The molecule has 372 valence electrons. The van der Waals surface area contributed by atoms with E-state index in [-0.39, 0.29) is 43.1 Å². The van der Waals surface area contributed by atoms with Crippen LogP contribution < -0.4 is 0 Å². The molecular weight excluding hydrogens is 807 g/mol. The molecule has 64 heavy (non-hydrogen) atoms. The second-order valence-electron chi connectivity index (χ2n) is 17.3. The van der Waals surface area contributed by atoms with Gasteiger partial charge < -0.3 is 33.6 Å². The molecule has 0 spiro atoms. The maximum atomic E-state index is 12.7. The fourth-order valence-corrected chi connectivity index (χ4v) is 6.93. The summed E-state index contributed by atoms with van der Waals surface area (Å²) >= 11 is 0. The van der Waals surface area contributed by atoms with Crippen molar-refractivity contribution in [1.29, 1.82) is 0 Å². The van der Waals surface area contributed by atoms with Crippen molar-refractivity contribution in [2.24, 2.45) is 0 Å². The number of carbonyl (C=O) groups excluding carboxylic acids is 4. The van der Waals surface area contributed by atoms with Gasteiger partial charge in [0.1, 0.15) is 0 Å². The maximum Gasteiger partial charge on any atom is 0.307 e. The van der Waals surface area contributed by atoms with Crippen LogP contribution in [0, 0.1) is 0 Å². The number of unbranched alkanes of at least 4 members (excludes halogenated alkanes) is 13. The first-order chi connectivity index (χ1) is 31.2. The second kappa shape index (κ2) is 47.9. The lowest BCUT2D eigenvalue weighted by Crippen LogP contribution is -2.34. The Morgan fingerprint density at radius 2 is 0.594 bits per heavy atom. The van der Waals surface area contributed by atoms with Crippen molar-refractivity contribution in [1.82, 2.24) is 14.7 Å². The number of esters is 4. The summed E-state index contributed by atoms with van der Waals surface area (Å²) in [6.45, 7) is 15.8. The minimum atomic E-state index is -0.202. The van der Waals surface area contributed by atoms with E-state index in [2.05, 4.69) is 85.9 Å². The molecular formula is C53H97N3O8. The molecule has 0 aliphatic rings. The minimum Gasteiger partial charge on any atom is -0.466 e. The van der Waals surface area contributed by atoms with Crippen LogP contribution in [0.4, 0.5) is 0 Å². The highest BCUT2D eigenvalue weighted by Gasteiger charge is 2.15. The van der Waals surface area contributed by atoms with Gasteiger partial charge in [0.15, 0.2) is 0 Å². The summed E-state index contributed by atoms with van der Waals surface area (Å²) < 4.78 is 22.0. The van der Waals surface area contributed by atoms with E-state index in [1.807, 2.05) is 0 Å². The van der Waals surface area contributed by atoms with Gasteiger partial charge in [-0.3, -0.25) is 19.2 Å². The lowest BCUT2D eigenvalue weighted by molar-refractivity contribution is -0.146. The molecule has 0 aromatic heterocycles. The van der Waals surface area contributed by atoms with Crippen LogP contribution in [0.5, 0.6) is 0 Å². The summed E-state index contributed by atoms with van der Waals surface area (Å²) in [6.07, 6.45) is 37.6. The highest BCUT2D eigenvalue weighted by atomic mass is 16.5. The summed E-state index contributed by atoms with van der Waals surface area (Å²) in [4.78, 5) is 57.0. The third kappa shape index (κ3) is 44.2. The van der Waals surface area contributed by atoms with Gasteiger partial charge in [0.05, 0.1) is 52.1 Å². The summed E-state index contributed by atoms with van der Waals surface area (Å²) in [7, 11) is 2.10. The Kier molecular flexibility index (Phi) is 45.7. The lowest BCUT2D eigenvalue weighted by atomic mass is 10.2. The zero-order chi connectivity index (χ0) is 47.0. The number of rotatable bonds is 47. The molecule has 0 aliphatic carbocycles. The molecule has 0 saturated carbocycles. The maximum absolute atomic E-state index is 12.7. The van der Waals surface area contributed by atoms with Crippen molar-refractivity contribution in [3.8, 4) is 0 Å². The smallest absolute Gasteiger partial charge is 0.307 e. The van der Waals surface area contributed by atoms with Gasteiger partial charge in [-0.05, 0) is 130 Å². The summed E-state index contributed by atoms with van der Waals surface area (Å²) in [5.41, 5.74) is 0. The van der Waals surface area contributed by atoms with Crippen molar-refractivity contribution >= 4 is 23.9 Å². The Morgan fingerprint density at radius 1 is 0.328 bits per heavy atom. The molecule has 0 aliphatic heterocycles.